The molecule has 230 valence electrons. The maximum Gasteiger partial charge on any atom is 0.258 e. The van der Waals surface area contributed by atoms with Crippen molar-refractivity contribution in [2.24, 2.45) is 0 Å². The molecule has 0 atom stereocenters. The smallest absolute Gasteiger partial charge is 0.258 e. The number of amides is 1. The van der Waals surface area contributed by atoms with Gasteiger partial charge in [0.25, 0.3) is 5.91 Å². The Kier molecular flexibility index (Phi) is 10.1. The van der Waals surface area contributed by atoms with Crippen molar-refractivity contribution in [2.75, 3.05) is 18.5 Å². The maximum atomic E-state index is 12.3. The Morgan fingerprint density at radius 1 is 1.02 bits per heavy atom. The van der Waals surface area contributed by atoms with E-state index in [0.717, 1.165) is 34.9 Å². The molecule has 0 fully saturated rings. The molecule has 2 heterocycles. The molecule has 2 N–H and O–H groups in total. The first-order valence-electron chi connectivity index (χ1n) is 14.6. The molecule has 0 saturated carbocycles. The zero-order valence-electron chi connectivity index (χ0n) is 26.5. The highest BCUT2D eigenvalue weighted by molar-refractivity contribution is 6.76. The first kappa shape index (κ1) is 32.0. The highest BCUT2D eigenvalue weighted by atomic mass is 28.3. The molecule has 1 amide bonds. The fraction of sp³-hybridized carbons (Fsp3) is 0.438. The molecule has 0 aliphatic rings. The monoisotopic (exact) mass is 604 g/mol. The summed E-state index contributed by atoms with van der Waals surface area (Å²) in [6.45, 7) is 17.8. The van der Waals surface area contributed by atoms with E-state index in [1.165, 1.54) is 0 Å². The Labute approximate surface area is 255 Å². The lowest BCUT2D eigenvalue weighted by Crippen LogP contribution is -2.43. The van der Waals surface area contributed by atoms with Crippen LogP contribution in [-0.4, -0.2) is 58.6 Å². The first-order chi connectivity index (χ1) is 20.2. The van der Waals surface area contributed by atoms with Gasteiger partial charge in [0.05, 0.1) is 11.6 Å². The zero-order valence-corrected chi connectivity index (χ0v) is 27.5. The molecule has 2 aromatic heterocycles. The highest BCUT2D eigenvalue weighted by Crippen LogP contribution is 2.31. The maximum absolute atomic E-state index is 12.3. The molecule has 0 spiro atoms. The average Bonchev–Trinajstić information content (AvgIpc) is 3.35. The van der Waals surface area contributed by atoms with Crippen molar-refractivity contribution in [3.63, 3.8) is 0 Å². The molecule has 43 heavy (non-hydrogen) atoms. The van der Waals surface area contributed by atoms with Crippen molar-refractivity contribution in [3.05, 3.63) is 54.7 Å². The number of aromatic nitrogens is 4. The number of nitrogens with one attached hydrogen (secondary N) is 2. The standard InChI is InChI=1S/C32H44N6O4Si/c1-22(2)42-25-12-13-27-26(19-25)31(34-28-14-15-38(37-28)21-40-16-17-43(6,7)8)35-30(33-27)23-10-9-11-24(18-23)41-20-29(39)36-32(3,4)5/h9-15,18-19,22H,16-17,20-21H2,1-8H3,(H,36,39)(H,33,34,35,37). The summed E-state index contributed by atoms with van der Waals surface area (Å²) in [6, 6.07) is 16.2. The van der Waals surface area contributed by atoms with Gasteiger partial charge in [-0.3, -0.25) is 4.79 Å². The summed E-state index contributed by atoms with van der Waals surface area (Å²) in [5.74, 6) is 2.82. The predicted octanol–water partition coefficient (Wildman–Crippen LogP) is 6.63. The second kappa shape index (κ2) is 13.6. The number of rotatable bonds is 13. The van der Waals surface area contributed by atoms with E-state index in [1.54, 1.807) is 4.68 Å². The topological polar surface area (TPSA) is 112 Å². The van der Waals surface area contributed by atoms with Crippen LogP contribution in [0.15, 0.2) is 54.7 Å². The van der Waals surface area contributed by atoms with Gasteiger partial charge in [0.1, 0.15) is 24.0 Å². The Bertz CT molecular complexity index is 1540. The molecule has 0 radical (unpaired) electrons. The third-order valence-electron chi connectivity index (χ3n) is 6.12. The van der Waals surface area contributed by atoms with Crippen LogP contribution in [0.2, 0.25) is 25.7 Å². The molecule has 11 heteroatoms. The van der Waals surface area contributed by atoms with Gasteiger partial charge >= 0.3 is 0 Å². The van der Waals surface area contributed by atoms with Gasteiger partial charge in [-0.25, -0.2) is 14.6 Å². The molecular formula is C32H44N6O4Si. The van der Waals surface area contributed by atoms with Crippen LogP contribution >= 0.6 is 0 Å². The van der Waals surface area contributed by atoms with Crippen molar-refractivity contribution >= 4 is 36.5 Å². The SMILES string of the molecule is CC(C)Oc1ccc2nc(-c3cccc(OCC(=O)NC(C)(C)C)c3)nc(Nc3ccn(COCC[Si](C)(C)C)n3)c2c1. The number of carbonyl (C=O) groups is 1. The number of nitrogens with zero attached hydrogens (tertiary/aromatic N) is 4. The molecule has 0 unspecified atom stereocenters. The Morgan fingerprint density at radius 3 is 2.53 bits per heavy atom. The van der Waals surface area contributed by atoms with Crippen LogP contribution < -0.4 is 20.1 Å². The molecule has 4 aromatic rings. The predicted molar refractivity (Wildman–Crippen MR) is 174 cm³/mol. The molecule has 10 nitrogen and oxygen atoms in total. The van der Waals surface area contributed by atoms with Crippen LogP contribution in [0.4, 0.5) is 11.6 Å². The minimum Gasteiger partial charge on any atom is -0.491 e. The van der Waals surface area contributed by atoms with E-state index in [-0.39, 0.29) is 24.2 Å². The number of hydrogen-bond acceptors (Lipinski definition) is 8. The third kappa shape index (κ3) is 10.1. The summed E-state index contributed by atoms with van der Waals surface area (Å²) in [7, 11) is -1.16. The minimum atomic E-state index is -1.16. The van der Waals surface area contributed by atoms with Crippen molar-refractivity contribution in [1.29, 1.82) is 0 Å². The Hall–Kier alpha value is -3.96. The van der Waals surface area contributed by atoms with Crippen LogP contribution in [-0.2, 0) is 16.3 Å². The summed E-state index contributed by atoms with van der Waals surface area (Å²) in [5, 5.41) is 11.7. The molecule has 0 aliphatic heterocycles. The molecule has 0 aliphatic carbocycles. The van der Waals surface area contributed by atoms with Crippen LogP contribution in [0, 0.1) is 0 Å². The number of carbonyl (C=O) groups excluding carboxylic acids is 1. The molecular weight excluding hydrogens is 560 g/mol. The van der Waals surface area contributed by atoms with E-state index in [9.17, 15) is 4.79 Å². The van der Waals surface area contributed by atoms with E-state index in [0.29, 0.717) is 29.9 Å². The van der Waals surface area contributed by atoms with Gasteiger partial charge < -0.3 is 24.8 Å². The van der Waals surface area contributed by atoms with Gasteiger partial charge in [-0.15, -0.1) is 0 Å². The fourth-order valence-electron chi connectivity index (χ4n) is 4.16. The second-order valence-corrected chi connectivity index (χ2v) is 18.7. The number of hydrogen-bond donors (Lipinski definition) is 2. The summed E-state index contributed by atoms with van der Waals surface area (Å²) in [4.78, 5) is 22.0. The van der Waals surface area contributed by atoms with Gasteiger partial charge in [0.15, 0.2) is 18.2 Å². The van der Waals surface area contributed by atoms with Crippen molar-refractivity contribution < 1.29 is 19.0 Å². The third-order valence-corrected chi connectivity index (χ3v) is 7.83. The lowest BCUT2D eigenvalue weighted by atomic mass is 10.1. The van der Waals surface area contributed by atoms with Crippen LogP contribution in [0.1, 0.15) is 34.6 Å². The van der Waals surface area contributed by atoms with E-state index in [4.69, 9.17) is 24.2 Å². The van der Waals surface area contributed by atoms with E-state index >= 15 is 0 Å². The van der Waals surface area contributed by atoms with Gasteiger partial charge in [0.2, 0.25) is 0 Å². The average molecular weight is 605 g/mol. The summed E-state index contributed by atoms with van der Waals surface area (Å²) in [6.07, 6.45) is 1.91. The van der Waals surface area contributed by atoms with E-state index in [2.05, 4.69) is 35.4 Å². The second-order valence-electron chi connectivity index (χ2n) is 13.1. The number of benzene rings is 2. The van der Waals surface area contributed by atoms with E-state index in [1.807, 2.05) is 89.3 Å². The lowest BCUT2D eigenvalue weighted by molar-refractivity contribution is -0.124. The largest absolute Gasteiger partial charge is 0.491 e. The summed E-state index contributed by atoms with van der Waals surface area (Å²) >= 11 is 0. The highest BCUT2D eigenvalue weighted by Gasteiger charge is 2.16. The quantitative estimate of drug-likeness (QED) is 0.129. The summed E-state index contributed by atoms with van der Waals surface area (Å²) < 4.78 is 19.4. The first-order valence-corrected chi connectivity index (χ1v) is 18.4. The van der Waals surface area contributed by atoms with Crippen LogP contribution in [0.5, 0.6) is 11.5 Å². The Balaban J connectivity index is 1.59. The number of anilines is 2. The van der Waals surface area contributed by atoms with Gasteiger partial charge in [-0.1, -0.05) is 31.8 Å². The Morgan fingerprint density at radius 2 is 1.81 bits per heavy atom. The van der Waals surface area contributed by atoms with Crippen molar-refractivity contribution in [2.45, 2.75) is 78.7 Å². The molecule has 2 aromatic carbocycles. The van der Waals surface area contributed by atoms with Crippen LogP contribution in [0.3, 0.4) is 0 Å². The number of fused-ring (bicyclic) bond motifs is 1. The molecule has 4 rings (SSSR count). The van der Waals surface area contributed by atoms with Crippen molar-refractivity contribution in [1.82, 2.24) is 25.1 Å². The van der Waals surface area contributed by atoms with Gasteiger partial charge in [-0.2, -0.15) is 5.10 Å². The zero-order chi connectivity index (χ0) is 31.2. The lowest BCUT2D eigenvalue weighted by Gasteiger charge is -2.20. The molecule has 0 saturated heterocycles. The fourth-order valence-corrected chi connectivity index (χ4v) is 4.92. The summed E-state index contributed by atoms with van der Waals surface area (Å²) in [5.41, 5.74) is 1.16. The van der Waals surface area contributed by atoms with E-state index < -0.39 is 8.07 Å². The number of ether oxygens (including phenoxy) is 3. The molecule has 0 bridgehead atoms. The van der Waals surface area contributed by atoms with Gasteiger partial charge in [0, 0.05) is 43.4 Å². The normalized spacial score (nSPS) is 12.0. The minimum absolute atomic E-state index is 0.0268. The van der Waals surface area contributed by atoms with Crippen molar-refractivity contribution in [3.8, 4) is 22.9 Å². The van der Waals surface area contributed by atoms with Crippen LogP contribution in [0.25, 0.3) is 22.3 Å². The van der Waals surface area contributed by atoms with Gasteiger partial charge in [-0.05, 0) is 71.0 Å².